The van der Waals surface area contributed by atoms with Gasteiger partial charge in [0.15, 0.2) is 5.13 Å². The van der Waals surface area contributed by atoms with E-state index < -0.39 is 11.4 Å². The molecule has 0 radical (unpaired) electrons. The summed E-state index contributed by atoms with van der Waals surface area (Å²) in [6, 6.07) is 14.1. The van der Waals surface area contributed by atoms with Gasteiger partial charge >= 0.3 is 5.97 Å². The highest BCUT2D eigenvalue weighted by Gasteiger charge is 2.47. The monoisotopic (exact) mass is 451 g/mol. The Kier molecular flexibility index (Phi) is 6.31. The average Bonchev–Trinajstić information content (AvgIpc) is 3.33. The molecule has 2 aromatic carbocycles. The van der Waals surface area contributed by atoms with Crippen molar-refractivity contribution in [3.05, 3.63) is 59.2 Å². The van der Waals surface area contributed by atoms with Crippen LogP contribution in [0.3, 0.4) is 0 Å². The van der Waals surface area contributed by atoms with Crippen LogP contribution < -0.4 is 4.90 Å². The molecule has 4 rings (SSSR count). The first-order chi connectivity index (χ1) is 15.3. The van der Waals surface area contributed by atoms with E-state index in [9.17, 15) is 14.7 Å². The first-order valence-corrected chi connectivity index (χ1v) is 11.7. The fourth-order valence-electron chi connectivity index (χ4n) is 4.63. The smallest absolute Gasteiger partial charge is 0.304 e. The number of nitrogens with zero attached hydrogens (tertiary/aromatic N) is 3. The van der Waals surface area contributed by atoms with Gasteiger partial charge < -0.3 is 10.0 Å². The minimum atomic E-state index is -0.973. The lowest BCUT2D eigenvalue weighted by Gasteiger charge is -2.30. The second-order valence-electron chi connectivity index (χ2n) is 9.04. The van der Waals surface area contributed by atoms with Crippen LogP contribution in [0.15, 0.2) is 42.5 Å². The Morgan fingerprint density at radius 1 is 1.09 bits per heavy atom. The summed E-state index contributed by atoms with van der Waals surface area (Å²) < 4.78 is 1.05. The predicted molar refractivity (Wildman–Crippen MR) is 128 cm³/mol. The minimum Gasteiger partial charge on any atom is -0.481 e. The molecule has 0 spiro atoms. The molecule has 1 amide bonds. The number of carboxylic acids is 1. The molecule has 0 atom stereocenters. The van der Waals surface area contributed by atoms with Crippen LogP contribution in [0, 0.1) is 5.41 Å². The van der Waals surface area contributed by atoms with Gasteiger partial charge in [-0.2, -0.15) is 0 Å². The van der Waals surface area contributed by atoms with Crippen molar-refractivity contribution in [3.63, 3.8) is 0 Å². The third-order valence-corrected chi connectivity index (χ3v) is 7.32. The molecule has 1 aliphatic carbocycles. The van der Waals surface area contributed by atoms with Crippen molar-refractivity contribution < 1.29 is 14.7 Å². The number of carbonyl (C=O) groups excluding carboxylic acids is 1. The van der Waals surface area contributed by atoms with E-state index in [1.165, 1.54) is 16.9 Å². The number of fused-ring (bicyclic) bond motifs is 2. The highest BCUT2D eigenvalue weighted by atomic mass is 32.1. The maximum absolute atomic E-state index is 13.6. The largest absolute Gasteiger partial charge is 0.481 e. The lowest BCUT2D eigenvalue weighted by atomic mass is 9.80. The third kappa shape index (κ3) is 4.54. The van der Waals surface area contributed by atoms with E-state index in [4.69, 9.17) is 0 Å². The lowest BCUT2D eigenvalue weighted by molar-refractivity contribution is -0.144. The highest BCUT2D eigenvalue weighted by molar-refractivity contribution is 7.22. The van der Waals surface area contributed by atoms with E-state index in [1.54, 1.807) is 11.9 Å². The zero-order valence-electron chi connectivity index (χ0n) is 18.8. The lowest BCUT2D eigenvalue weighted by Crippen LogP contribution is -2.44. The van der Waals surface area contributed by atoms with Crippen molar-refractivity contribution in [2.45, 2.75) is 32.1 Å². The molecule has 0 bridgehead atoms. The summed E-state index contributed by atoms with van der Waals surface area (Å²) in [6.45, 7) is 1.04. The van der Waals surface area contributed by atoms with Gasteiger partial charge in [0.2, 0.25) is 5.91 Å². The van der Waals surface area contributed by atoms with Crippen LogP contribution in [-0.4, -0.2) is 54.6 Å². The average molecular weight is 452 g/mol. The summed E-state index contributed by atoms with van der Waals surface area (Å²) in [4.78, 5) is 33.8. The van der Waals surface area contributed by atoms with Crippen molar-refractivity contribution in [1.82, 2.24) is 9.88 Å². The van der Waals surface area contributed by atoms with E-state index in [1.807, 2.05) is 30.3 Å². The SMILES string of the molecule is CN(C)CCCc1ccc2nc(N(C)C(=O)C3(CC(=O)O)Cc4ccccc4C3)sc2c1. The minimum absolute atomic E-state index is 0.179. The van der Waals surface area contributed by atoms with Crippen LogP contribution in [0.25, 0.3) is 10.2 Å². The van der Waals surface area contributed by atoms with E-state index >= 15 is 0 Å². The third-order valence-electron chi connectivity index (χ3n) is 6.22. The molecular formula is C25H29N3O3S. The van der Waals surface area contributed by atoms with Crippen LogP contribution >= 0.6 is 11.3 Å². The molecule has 1 aromatic heterocycles. The standard InChI is InChI=1S/C25H29N3O3S/c1-27(2)12-6-7-17-10-11-20-21(13-17)32-24(26-20)28(3)23(31)25(16-22(29)30)14-18-8-4-5-9-19(18)15-25/h4-5,8-11,13H,6-7,12,14-16H2,1-3H3,(H,29,30). The number of benzene rings is 2. The normalized spacial score (nSPS) is 14.6. The molecule has 0 unspecified atom stereocenters. The summed E-state index contributed by atoms with van der Waals surface area (Å²) >= 11 is 1.48. The summed E-state index contributed by atoms with van der Waals surface area (Å²) in [5.41, 5.74) is 3.27. The van der Waals surface area contributed by atoms with Gasteiger partial charge in [0.05, 0.1) is 22.1 Å². The predicted octanol–water partition coefficient (Wildman–Crippen LogP) is 4.01. The Bertz CT molecular complexity index is 1130. The molecule has 0 fully saturated rings. The van der Waals surface area contributed by atoms with Gasteiger partial charge in [-0.05, 0) is 75.1 Å². The molecule has 32 heavy (non-hydrogen) atoms. The van der Waals surface area contributed by atoms with E-state index in [0.717, 1.165) is 40.7 Å². The van der Waals surface area contributed by atoms with Crippen molar-refractivity contribution >= 4 is 38.6 Å². The Hall–Kier alpha value is -2.77. The first-order valence-electron chi connectivity index (χ1n) is 10.9. The molecule has 1 N–H and O–H groups in total. The molecule has 0 saturated heterocycles. The molecule has 6 nitrogen and oxygen atoms in total. The number of hydrogen-bond donors (Lipinski definition) is 1. The van der Waals surface area contributed by atoms with Crippen molar-refractivity contribution in [3.8, 4) is 0 Å². The van der Waals surface area contributed by atoms with Crippen molar-refractivity contribution in [2.24, 2.45) is 5.41 Å². The molecule has 1 aliphatic rings. The maximum Gasteiger partial charge on any atom is 0.304 e. The molecule has 168 valence electrons. The number of rotatable bonds is 8. The van der Waals surface area contributed by atoms with Gasteiger partial charge in [-0.25, -0.2) is 4.98 Å². The van der Waals surface area contributed by atoms with Crippen molar-refractivity contribution in [2.75, 3.05) is 32.6 Å². The highest BCUT2D eigenvalue weighted by Crippen LogP contribution is 2.42. The van der Waals surface area contributed by atoms with Gasteiger partial charge in [0, 0.05) is 7.05 Å². The number of carboxylic acid groups (broad SMARTS) is 1. The zero-order chi connectivity index (χ0) is 22.9. The number of thiazole rings is 1. The molecule has 0 aliphatic heterocycles. The van der Waals surface area contributed by atoms with Gasteiger partial charge in [-0.3, -0.25) is 14.5 Å². The molecule has 7 heteroatoms. The molecule has 1 heterocycles. The van der Waals surface area contributed by atoms with Gasteiger partial charge in [-0.1, -0.05) is 41.7 Å². The zero-order valence-corrected chi connectivity index (χ0v) is 19.6. The summed E-state index contributed by atoms with van der Waals surface area (Å²) in [5, 5.41) is 10.2. The van der Waals surface area contributed by atoms with E-state index in [2.05, 4.69) is 36.1 Å². The van der Waals surface area contributed by atoms with E-state index in [-0.39, 0.29) is 12.3 Å². The maximum atomic E-state index is 13.6. The first kappa shape index (κ1) is 22.4. The Labute approximate surface area is 192 Å². The molecule has 0 saturated carbocycles. The number of amides is 1. The molecular weight excluding hydrogens is 422 g/mol. The number of hydrogen-bond acceptors (Lipinski definition) is 5. The number of aliphatic carboxylic acids is 1. The van der Waals surface area contributed by atoms with Gasteiger partial charge in [0.25, 0.3) is 0 Å². The topological polar surface area (TPSA) is 73.7 Å². The number of carbonyl (C=O) groups is 2. The quantitative estimate of drug-likeness (QED) is 0.560. The Morgan fingerprint density at radius 3 is 2.41 bits per heavy atom. The van der Waals surface area contributed by atoms with Crippen LogP contribution in [0.2, 0.25) is 0 Å². The van der Waals surface area contributed by atoms with E-state index in [0.29, 0.717) is 18.0 Å². The number of aryl methyl sites for hydroxylation is 1. The Balaban J connectivity index is 1.57. The fourth-order valence-corrected chi connectivity index (χ4v) is 5.62. The van der Waals surface area contributed by atoms with Crippen LogP contribution in [-0.2, 0) is 28.9 Å². The second-order valence-corrected chi connectivity index (χ2v) is 10.1. The van der Waals surface area contributed by atoms with Gasteiger partial charge in [-0.15, -0.1) is 0 Å². The summed E-state index contributed by atoms with van der Waals surface area (Å²) in [5.74, 6) is -1.13. The number of aromatic nitrogens is 1. The molecule has 3 aromatic rings. The fraction of sp³-hybridized carbons (Fsp3) is 0.400. The van der Waals surface area contributed by atoms with Crippen molar-refractivity contribution in [1.29, 1.82) is 0 Å². The van der Waals surface area contributed by atoms with Crippen LogP contribution in [0.4, 0.5) is 5.13 Å². The summed E-state index contributed by atoms with van der Waals surface area (Å²) in [6.07, 6.45) is 2.78. The summed E-state index contributed by atoms with van der Waals surface area (Å²) in [7, 11) is 5.86. The van der Waals surface area contributed by atoms with Gasteiger partial charge in [0.1, 0.15) is 0 Å². The second kappa shape index (κ2) is 9.00. The Morgan fingerprint density at radius 2 is 1.78 bits per heavy atom. The number of anilines is 1. The van der Waals surface area contributed by atoms with Crippen LogP contribution in [0.1, 0.15) is 29.5 Å². The van der Waals surface area contributed by atoms with Crippen LogP contribution in [0.5, 0.6) is 0 Å².